The third-order valence-corrected chi connectivity index (χ3v) is 5.18. The Labute approximate surface area is 158 Å². The average molecular weight is 364 g/mol. The first kappa shape index (κ1) is 17.6. The fourth-order valence-corrected chi connectivity index (χ4v) is 3.73. The van der Waals surface area contributed by atoms with E-state index in [-0.39, 0.29) is 11.7 Å². The quantitative estimate of drug-likeness (QED) is 0.759. The van der Waals surface area contributed by atoms with Crippen LogP contribution in [-0.2, 0) is 6.42 Å². The summed E-state index contributed by atoms with van der Waals surface area (Å²) in [7, 11) is 0. The zero-order valence-electron chi connectivity index (χ0n) is 15.4. The van der Waals surface area contributed by atoms with Gasteiger partial charge in [0.15, 0.2) is 0 Å². The molecule has 1 aromatic heterocycles. The van der Waals surface area contributed by atoms with E-state index < -0.39 is 0 Å². The maximum absolute atomic E-state index is 14.3. The highest BCUT2D eigenvalue weighted by atomic mass is 19.1. The minimum absolute atomic E-state index is 0.0295. The summed E-state index contributed by atoms with van der Waals surface area (Å²) in [5.41, 5.74) is 3.40. The first-order chi connectivity index (χ1) is 13.2. The van der Waals surface area contributed by atoms with E-state index in [9.17, 15) is 9.18 Å². The molecule has 1 aliphatic heterocycles. The predicted octanol–water partition coefficient (Wildman–Crippen LogP) is 4.04. The number of carbonyl (C=O) groups excluding carboxylic acids is 1. The van der Waals surface area contributed by atoms with Crippen LogP contribution in [0.25, 0.3) is 10.9 Å². The van der Waals surface area contributed by atoms with Crippen LogP contribution in [0.15, 0.2) is 48.7 Å². The van der Waals surface area contributed by atoms with E-state index in [0.717, 1.165) is 22.9 Å². The number of benzene rings is 2. The minimum atomic E-state index is -0.203. The van der Waals surface area contributed by atoms with Crippen LogP contribution in [0.1, 0.15) is 22.8 Å². The molecule has 0 bridgehead atoms. The van der Waals surface area contributed by atoms with Crippen molar-refractivity contribution in [3.63, 3.8) is 0 Å². The number of amides is 1. The summed E-state index contributed by atoms with van der Waals surface area (Å²) >= 11 is 0. The number of aromatic nitrogens is 1. The second-order valence-electron chi connectivity index (χ2n) is 6.93. The van der Waals surface area contributed by atoms with Gasteiger partial charge in [0.2, 0.25) is 0 Å². The fraction of sp³-hybridized carbons (Fsp3) is 0.273. The molecule has 139 valence electrons. The van der Waals surface area contributed by atoms with Gasteiger partial charge in [-0.1, -0.05) is 31.2 Å². The van der Waals surface area contributed by atoms with Crippen LogP contribution in [0.3, 0.4) is 0 Å². The number of carbonyl (C=O) groups is 1. The highest BCUT2D eigenvalue weighted by Crippen LogP contribution is 2.25. The zero-order chi connectivity index (χ0) is 18.8. The Balaban J connectivity index is 1.47. The third-order valence-electron chi connectivity index (χ3n) is 5.18. The summed E-state index contributed by atoms with van der Waals surface area (Å²) in [5.74, 6) is -0.173. The van der Waals surface area contributed by atoms with E-state index in [2.05, 4.69) is 11.4 Å². The number of fused-ring (bicyclic) bond motifs is 1. The molecule has 0 spiro atoms. The maximum atomic E-state index is 14.3. The van der Waals surface area contributed by atoms with E-state index in [0.29, 0.717) is 37.4 Å². The van der Waals surface area contributed by atoms with Gasteiger partial charge in [0.25, 0.3) is 5.91 Å². The number of H-pyrrole nitrogens is 1. The lowest BCUT2D eigenvalue weighted by Gasteiger charge is -2.36. The molecule has 4 nitrogen and oxygen atoms in total. The third kappa shape index (κ3) is 3.42. The summed E-state index contributed by atoms with van der Waals surface area (Å²) in [6.45, 7) is 4.43. The Bertz CT molecular complexity index is 957. The highest BCUT2D eigenvalue weighted by molar-refractivity contribution is 6.06. The Hall–Kier alpha value is -2.82. The van der Waals surface area contributed by atoms with Crippen molar-refractivity contribution in [1.29, 1.82) is 0 Å². The molecular weight excluding hydrogens is 341 g/mol. The van der Waals surface area contributed by atoms with Crippen molar-refractivity contribution in [1.82, 2.24) is 9.88 Å². The number of nitrogens with one attached hydrogen (secondary N) is 1. The van der Waals surface area contributed by atoms with E-state index in [1.807, 2.05) is 53.1 Å². The monoisotopic (exact) mass is 364 g/mol. The molecule has 0 atom stereocenters. The summed E-state index contributed by atoms with van der Waals surface area (Å²) < 4.78 is 14.3. The first-order valence-electron chi connectivity index (χ1n) is 9.34. The summed E-state index contributed by atoms with van der Waals surface area (Å²) in [6, 6.07) is 13.1. The van der Waals surface area contributed by atoms with Gasteiger partial charge in [0.1, 0.15) is 5.82 Å². The summed E-state index contributed by atoms with van der Waals surface area (Å²) in [4.78, 5) is 20.0. The number of rotatable bonds is 4. The lowest BCUT2D eigenvalue weighted by atomic mass is 10.1. The van der Waals surface area contributed by atoms with E-state index in [4.69, 9.17) is 0 Å². The topological polar surface area (TPSA) is 39.3 Å². The maximum Gasteiger partial charge on any atom is 0.256 e. The molecule has 4 rings (SSSR count). The van der Waals surface area contributed by atoms with Crippen molar-refractivity contribution in [3.05, 3.63) is 72.0 Å². The van der Waals surface area contributed by atoms with Gasteiger partial charge < -0.3 is 14.8 Å². The van der Waals surface area contributed by atoms with Crippen LogP contribution in [0, 0.1) is 12.2 Å². The number of para-hydroxylation sites is 1. The van der Waals surface area contributed by atoms with Gasteiger partial charge in [-0.2, -0.15) is 0 Å². The Morgan fingerprint density at radius 3 is 2.70 bits per heavy atom. The molecule has 1 radical (unpaired) electrons. The van der Waals surface area contributed by atoms with Gasteiger partial charge in [-0.3, -0.25) is 4.79 Å². The highest BCUT2D eigenvalue weighted by Gasteiger charge is 2.25. The van der Waals surface area contributed by atoms with Gasteiger partial charge >= 0.3 is 0 Å². The van der Waals surface area contributed by atoms with Crippen LogP contribution in [0.4, 0.5) is 10.1 Å². The standard InChI is InChI=1S/C22H23FN3O/c1-2-5-16-8-9-19(23)21(14-16)25-10-12-26(13-11-25)22(27)18-15-24-20-7-4-3-6-17(18)20/h2-4,6-9,14-15,24H,5,10-13H2,1H3. The summed E-state index contributed by atoms with van der Waals surface area (Å²) in [6.07, 6.45) is 4.67. The van der Waals surface area contributed by atoms with Crippen LogP contribution in [-0.4, -0.2) is 42.0 Å². The summed E-state index contributed by atoms with van der Waals surface area (Å²) in [5, 5.41) is 0.944. The first-order valence-corrected chi connectivity index (χ1v) is 9.34. The van der Waals surface area contributed by atoms with Crippen molar-refractivity contribution >= 4 is 22.5 Å². The number of aromatic amines is 1. The molecule has 1 N–H and O–H groups in total. The van der Waals surface area contributed by atoms with Crippen molar-refractivity contribution in [3.8, 4) is 0 Å². The lowest BCUT2D eigenvalue weighted by molar-refractivity contribution is 0.0748. The van der Waals surface area contributed by atoms with Crippen LogP contribution < -0.4 is 4.90 Å². The molecule has 0 aliphatic carbocycles. The van der Waals surface area contributed by atoms with Gasteiger partial charge in [-0.05, 0) is 36.6 Å². The van der Waals surface area contributed by atoms with Gasteiger partial charge in [-0.25, -0.2) is 4.39 Å². The predicted molar refractivity (Wildman–Crippen MR) is 106 cm³/mol. The van der Waals surface area contributed by atoms with E-state index in [1.165, 1.54) is 6.07 Å². The largest absolute Gasteiger partial charge is 0.366 e. The normalized spacial score (nSPS) is 14.7. The minimum Gasteiger partial charge on any atom is -0.366 e. The molecule has 1 amide bonds. The number of hydrogen-bond acceptors (Lipinski definition) is 2. The number of piperazine rings is 1. The molecule has 27 heavy (non-hydrogen) atoms. The van der Waals surface area contributed by atoms with Gasteiger partial charge in [-0.15, -0.1) is 0 Å². The van der Waals surface area contributed by atoms with Gasteiger partial charge in [0, 0.05) is 43.3 Å². The van der Waals surface area contributed by atoms with Crippen LogP contribution in [0.5, 0.6) is 0 Å². The molecule has 1 aliphatic rings. The number of halogens is 1. The molecule has 2 aromatic carbocycles. The lowest BCUT2D eigenvalue weighted by Crippen LogP contribution is -2.49. The molecule has 0 saturated carbocycles. The number of nitrogens with zero attached hydrogens (tertiary/aromatic N) is 2. The van der Waals surface area contributed by atoms with E-state index >= 15 is 0 Å². The Morgan fingerprint density at radius 2 is 1.93 bits per heavy atom. The van der Waals surface area contributed by atoms with Crippen molar-refractivity contribution < 1.29 is 9.18 Å². The molecular formula is C22H23FN3O. The van der Waals surface area contributed by atoms with Crippen LogP contribution >= 0.6 is 0 Å². The molecule has 1 saturated heterocycles. The van der Waals surface area contributed by atoms with E-state index in [1.54, 1.807) is 6.20 Å². The van der Waals surface area contributed by atoms with Crippen molar-refractivity contribution in [2.45, 2.75) is 13.3 Å². The van der Waals surface area contributed by atoms with Crippen LogP contribution in [0.2, 0.25) is 0 Å². The second-order valence-corrected chi connectivity index (χ2v) is 6.93. The SMILES string of the molecule is C[CH]Cc1ccc(F)c(N2CCN(C(=O)c3c[nH]c4ccccc34)CC2)c1. The number of anilines is 1. The molecule has 1 fully saturated rings. The molecule has 3 aromatic rings. The molecule has 5 heteroatoms. The Morgan fingerprint density at radius 1 is 1.15 bits per heavy atom. The smallest absolute Gasteiger partial charge is 0.256 e. The zero-order valence-corrected chi connectivity index (χ0v) is 15.4. The average Bonchev–Trinajstić information content (AvgIpc) is 3.13. The Kier molecular flexibility index (Phi) is 4.84. The molecule has 2 heterocycles. The van der Waals surface area contributed by atoms with Crippen molar-refractivity contribution in [2.24, 2.45) is 0 Å². The second kappa shape index (κ2) is 7.43. The number of hydrogen-bond donors (Lipinski definition) is 1. The van der Waals surface area contributed by atoms with Gasteiger partial charge in [0.05, 0.1) is 11.3 Å². The molecule has 0 unspecified atom stereocenters. The van der Waals surface area contributed by atoms with Crippen molar-refractivity contribution in [2.75, 3.05) is 31.1 Å². The fourth-order valence-electron chi connectivity index (χ4n) is 3.73.